The van der Waals surface area contributed by atoms with Crippen LogP contribution in [0.4, 0.5) is 14.9 Å². The Morgan fingerprint density at radius 3 is 2.61 bits per heavy atom. The second-order valence-electron chi connectivity index (χ2n) is 11.1. The van der Waals surface area contributed by atoms with Gasteiger partial charge in [-0.05, 0) is 49.6 Å². The van der Waals surface area contributed by atoms with Gasteiger partial charge in [-0.25, -0.2) is 9.18 Å². The van der Waals surface area contributed by atoms with Gasteiger partial charge in [0.25, 0.3) is 0 Å². The third kappa shape index (κ3) is 7.55. The van der Waals surface area contributed by atoms with E-state index in [2.05, 4.69) is 31.9 Å². The van der Waals surface area contributed by atoms with Gasteiger partial charge in [0.1, 0.15) is 11.5 Å². The SMILES string of the molecule is CC(=O)CNC(O)N1CCN(Cc2ccc(-c3cc4nccc(Oc5ccc(NC(=O)NC6CC6)cc5F)c4s3)nc2)CC1. The summed E-state index contributed by atoms with van der Waals surface area (Å²) in [5.74, 6) is -0.0720. The highest BCUT2D eigenvalue weighted by Gasteiger charge is 2.24. The first-order valence-electron chi connectivity index (χ1n) is 14.6. The third-order valence-corrected chi connectivity index (χ3v) is 8.63. The number of carbonyl (C=O) groups excluding carboxylic acids is 2. The molecule has 4 N–H and O–H groups in total. The molecule has 4 aromatic rings. The predicted molar refractivity (Wildman–Crippen MR) is 166 cm³/mol. The number of Topliss-reactive ketones (excluding diaryl/α,β-unsaturated/α-hetero) is 1. The smallest absolute Gasteiger partial charge is 0.319 e. The van der Waals surface area contributed by atoms with Crippen molar-refractivity contribution in [1.82, 2.24) is 30.4 Å². The van der Waals surface area contributed by atoms with Crippen LogP contribution in [0.5, 0.6) is 11.5 Å². The molecule has 2 fully saturated rings. The van der Waals surface area contributed by atoms with Crippen LogP contribution in [0.1, 0.15) is 25.3 Å². The summed E-state index contributed by atoms with van der Waals surface area (Å²) < 4.78 is 21.6. The number of nitrogens with one attached hydrogen (secondary N) is 3. The molecule has 1 saturated carbocycles. The summed E-state index contributed by atoms with van der Waals surface area (Å²) in [6, 6.07) is 11.9. The maximum atomic E-state index is 14.9. The molecule has 0 spiro atoms. The van der Waals surface area contributed by atoms with E-state index in [1.807, 2.05) is 23.2 Å². The molecule has 230 valence electrons. The number of fused-ring (bicyclic) bond motifs is 1. The molecule has 4 heterocycles. The van der Waals surface area contributed by atoms with Crippen LogP contribution in [-0.4, -0.2) is 81.8 Å². The molecular weight excluding hydrogens is 585 g/mol. The summed E-state index contributed by atoms with van der Waals surface area (Å²) in [7, 11) is 0. The zero-order valence-electron chi connectivity index (χ0n) is 24.3. The second-order valence-corrected chi connectivity index (χ2v) is 12.1. The van der Waals surface area contributed by atoms with E-state index in [-0.39, 0.29) is 30.2 Å². The zero-order valence-corrected chi connectivity index (χ0v) is 25.1. The minimum atomic E-state index is -0.823. The van der Waals surface area contributed by atoms with Gasteiger partial charge < -0.3 is 20.5 Å². The first kappa shape index (κ1) is 30.0. The van der Waals surface area contributed by atoms with Crippen molar-refractivity contribution < 1.29 is 23.8 Å². The Balaban J connectivity index is 1.07. The number of thiophene rings is 1. The van der Waals surface area contributed by atoms with E-state index in [0.717, 1.165) is 58.8 Å². The number of ketones is 1. The molecule has 0 bridgehead atoms. The lowest BCUT2D eigenvalue weighted by atomic mass is 10.2. The van der Waals surface area contributed by atoms with Crippen LogP contribution in [0.3, 0.4) is 0 Å². The topological polar surface area (TPSA) is 132 Å². The lowest BCUT2D eigenvalue weighted by Gasteiger charge is -2.37. The lowest BCUT2D eigenvalue weighted by molar-refractivity contribution is -0.118. The number of halogens is 1. The Hall–Kier alpha value is -4.01. The molecule has 1 aliphatic heterocycles. The highest BCUT2D eigenvalue weighted by Crippen LogP contribution is 2.39. The van der Waals surface area contributed by atoms with E-state index >= 15 is 0 Å². The van der Waals surface area contributed by atoms with Gasteiger partial charge in [0.05, 0.1) is 27.3 Å². The van der Waals surface area contributed by atoms with Crippen LogP contribution < -0.4 is 20.7 Å². The number of piperazine rings is 1. The molecule has 0 radical (unpaired) electrons. The van der Waals surface area contributed by atoms with Crippen molar-refractivity contribution in [3.63, 3.8) is 0 Å². The molecule has 13 heteroatoms. The molecule has 11 nitrogen and oxygen atoms in total. The zero-order chi connectivity index (χ0) is 30.6. The van der Waals surface area contributed by atoms with Crippen molar-refractivity contribution in [1.29, 1.82) is 0 Å². The number of carbonyl (C=O) groups is 2. The fourth-order valence-corrected chi connectivity index (χ4v) is 5.98. The summed E-state index contributed by atoms with van der Waals surface area (Å²) in [6.45, 7) is 5.36. The van der Waals surface area contributed by atoms with Gasteiger partial charge in [0, 0.05) is 69.0 Å². The molecule has 1 atom stereocenters. The first-order chi connectivity index (χ1) is 21.3. The Morgan fingerprint density at radius 2 is 1.91 bits per heavy atom. The fraction of sp³-hybridized carbons (Fsp3) is 0.355. The predicted octanol–water partition coefficient (Wildman–Crippen LogP) is 4.15. The van der Waals surface area contributed by atoms with Gasteiger partial charge in [-0.15, -0.1) is 11.3 Å². The Kier molecular flexibility index (Phi) is 9.09. The number of hydrogen-bond acceptors (Lipinski definition) is 10. The number of amides is 2. The summed E-state index contributed by atoms with van der Waals surface area (Å²) in [6.07, 6.45) is 4.61. The van der Waals surface area contributed by atoms with Gasteiger partial charge in [-0.2, -0.15) is 0 Å². The highest BCUT2D eigenvalue weighted by molar-refractivity contribution is 7.22. The Bertz CT molecular complexity index is 1640. The van der Waals surface area contributed by atoms with E-state index in [1.165, 1.54) is 30.4 Å². The molecular formula is C31H34FN7O4S. The number of hydrogen-bond donors (Lipinski definition) is 4. The van der Waals surface area contributed by atoms with Gasteiger partial charge in [-0.1, -0.05) is 6.07 Å². The summed E-state index contributed by atoms with van der Waals surface area (Å²) in [5, 5.41) is 18.5. The van der Waals surface area contributed by atoms with E-state index in [1.54, 1.807) is 18.3 Å². The van der Waals surface area contributed by atoms with Crippen molar-refractivity contribution in [2.24, 2.45) is 0 Å². The van der Waals surface area contributed by atoms with Gasteiger partial charge in [0.2, 0.25) is 0 Å². The molecule has 1 aliphatic carbocycles. The number of aromatic nitrogens is 2. The standard InChI is InChI=1S/C31H34FN7O4S/c1-19(40)16-35-31(42)39-12-10-38(11-13-39)18-20-2-6-24(34-17-20)28-15-25-29(44-28)27(8-9-33-25)43-26-7-5-22(14-23(26)32)37-30(41)36-21-3-4-21/h2,5-9,14-15,17,21,31,35,42H,3-4,10-13,16,18H2,1H3,(H2,36,37,41). The summed E-state index contributed by atoms with van der Waals surface area (Å²) in [4.78, 5) is 37.5. The molecule has 1 saturated heterocycles. The van der Waals surface area contributed by atoms with Crippen LogP contribution >= 0.6 is 11.3 Å². The number of anilines is 1. The average Bonchev–Trinajstić information content (AvgIpc) is 3.71. The largest absolute Gasteiger partial charge is 0.453 e. The van der Waals surface area contributed by atoms with Crippen molar-refractivity contribution in [2.75, 3.05) is 38.0 Å². The normalized spacial score (nSPS) is 16.5. The number of benzene rings is 1. The van der Waals surface area contributed by atoms with E-state index in [4.69, 9.17) is 9.72 Å². The van der Waals surface area contributed by atoms with Gasteiger partial charge in [-0.3, -0.25) is 29.9 Å². The number of aliphatic hydroxyl groups excluding tert-OH is 1. The van der Waals surface area contributed by atoms with Crippen LogP contribution in [0.15, 0.2) is 54.9 Å². The molecule has 44 heavy (non-hydrogen) atoms. The molecule has 3 aromatic heterocycles. The third-order valence-electron chi connectivity index (χ3n) is 7.47. The first-order valence-corrected chi connectivity index (χ1v) is 15.4. The minimum Gasteiger partial charge on any atom is -0.453 e. The van der Waals surface area contributed by atoms with Crippen molar-refractivity contribution in [2.45, 2.75) is 38.7 Å². The van der Waals surface area contributed by atoms with Gasteiger partial charge in [0.15, 0.2) is 17.9 Å². The summed E-state index contributed by atoms with van der Waals surface area (Å²) >= 11 is 1.47. The van der Waals surface area contributed by atoms with Crippen LogP contribution in [0, 0.1) is 5.82 Å². The quantitative estimate of drug-likeness (QED) is 0.183. The van der Waals surface area contributed by atoms with E-state index < -0.39 is 12.2 Å². The number of urea groups is 1. The van der Waals surface area contributed by atoms with Crippen molar-refractivity contribution in [3.05, 3.63) is 66.2 Å². The fourth-order valence-electron chi connectivity index (χ4n) is 4.93. The van der Waals surface area contributed by atoms with Gasteiger partial charge >= 0.3 is 6.03 Å². The molecule has 1 aromatic carbocycles. The molecule has 1 unspecified atom stereocenters. The van der Waals surface area contributed by atoms with Crippen LogP contribution in [0.25, 0.3) is 20.8 Å². The Morgan fingerprint density at radius 1 is 1.09 bits per heavy atom. The second kappa shape index (κ2) is 13.3. The Labute approximate surface area is 258 Å². The number of ether oxygens (including phenoxy) is 1. The maximum Gasteiger partial charge on any atom is 0.319 e. The number of nitrogens with zero attached hydrogens (tertiary/aromatic N) is 4. The maximum absolute atomic E-state index is 14.9. The van der Waals surface area contributed by atoms with E-state index in [9.17, 15) is 19.1 Å². The molecule has 2 amide bonds. The van der Waals surface area contributed by atoms with Crippen LogP contribution in [-0.2, 0) is 11.3 Å². The minimum absolute atomic E-state index is 0.0127. The molecule has 6 rings (SSSR count). The lowest BCUT2D eigenvalue weighted by Crippen LogP contribution is -2.55. The number of aliphatic hydroxyl groups is 1. The number of rotatable bonds is 11. The monoisotopic (exact) mass is 619 g/mol. The van der Waals surface area contributed by atoms with E-state index in [0.29, 0.717) is 24.5 Å². The van der Waals surface area contributed by atoms with Crippen LogP contribution in [0.2, 0.25) is 0 Å². The molecule has 2 aliphatic rings. The number of pyridine rings is 2. The van der Waals surface area contributed by atoms with Crippen molar-refractivity contribution in [3.8, 4) is 22.1 Å². The average molecular weight is 620 g/mol. The van der Waals surface area contributed by atoms with Crippen molar-refractivity contribution >= 4 is 39.1 Å². The summed E-state index contributed by atoms with van der Waals surface area (Å²) in [5.41, 5.74) is 2.96. The highest BCUT2D eigenvalue weighted by atomic mass is 32.1.